The first-order valence-electron chi connectivity index (χ1n) is 11.3. The lowest BCUT2D eigenvalue weighted by Gasteiger charge is -2.26. The number of nitrogens with one attached hydrogen (secondary N) is 1. The molecular weight excluding hydrogens is 432 g/mol. The van der Waals surface area contributed by atoms with Crippen LogP contribution in [0.2, 0.25) is 0 Å². The fourth-order valence-electron chi connectivity index (χ4n) is 3.64. The van der Waals surface area contributed by atoms with Gasteiger partial charge in [-0.2, -0.15) is 5.10 Å². The number of carbonyl (C=O) groups is 2. The summed E-state index contributed by atoms with van der Waals surface area (Å²) in [4.78, 5) is 25.1. The second-order valence-electron chi connectivity index (χ2n) is 8.66. The Morgan fingerprint density at radius 1 is 1.12 bits per heavy atom. The molecule has 0 unspecified atom stereocenters. The van der Waals surface area contributed by atoms with Gasteiger partial charge >= 0.3 is 5.91 Å². The van der Waals surface area contributed by atoms with Crippen molar-refractivity contribution in [3.05, 3.63) is 65.9 Å². The van der Waals surface area contributed by atoms with Gasteiger partial charge in [0, 0.05) is 36.3 Å². The van der Waals surface area contributed by atoms with Crippen LogP contribution in [0, 0.1) is 0 Å². The number of fused-ring (bicyclic) bond motifs is 1. The second-order valence-corrected chi connectivity index (χ2v) is 8.66. The Balaban J connectivity index is 1.57. The molecule has 1 heterocycles. The predicted molar refractivity (Wildman–Crippen MR) is 133 cm³/mol. The van der Waals surface area contributed by atoms with Crippen molar-refractivity contribution in [3.8, 4) is 5.75 Å². The van der Waals surface area contributed by atoms with E-state index >= 15 is 0 Å². The summed E-state index contributed by atoms with van der Waals surface area (Å²) in [6.07, 6.45) is 4.81. The molecule has 8 heteroatoms. The second kappa shape index (κ2) is 11.6. The van der Waals surface area contributed by atoms with E-state index in [0.29, 0.717) is 29.6 Å². The van der Waals surface area contributed by atoms with Crippen LogP contribution in [-0.2, 0) is 16.1 Å². The molecule has 1 N–H and O–H groups in total. The smallest absolute Gasteiger partial charge is 0.313 e. The number of nitrogens with zero attached hydrogens (tertiary/aromatic N) is 3. The lowest BCUT2D eigenvalue weighted by atomic mass is 10.1. The lowest BCUT2D eigenvalue weighted by Crippen LogP contribution is -2.47. The van der Waals surface area contributed by atoms with E-state index in [2.05, 4.69) is 15.1 Å². The highest BCUT2D eigenvalue weighted by molar-refractivity contribution is 5.98. The minimum Gasteiger partial charge on any atom is -0.497 e. The van der Waals surface area contributed by atoms with Crippen LogP contribution in [-0.4, -0.2) is 68.5 Å². The average molecular weight is 466 g/mol. The van der Waals surface area contributed by atoms with E-state index in [1.807, 2.05) is 62.8 Å². The van der Waals surface area contributed by atoms with Crippen molar-refractivity contribution in [1.29, 1.82) is 0 Å². The molecule has 34 heavy (non-hydrogen) atoms. The maximum Gasteiger partial charge on any atom is 0.313 e. The fourth-order valence-corrected chi connectivity index (χ4v) is 3.64. The van der Waals surface area contributed by atoms with Crippen molar-refractivity contribution in [2.24, 2.45) is 5.10 Å². The van der Waals surface area contributed by atoms with E-state index < -0.39 is 0 Å². The summed E-state index contributed by atoms with van der Waals surface area (Å²) in [5.41, 5.74) is 4.95. The molecule has 0 spiro atoms. The fraction of sp³-hybridized carbons (Fsp3) is 0.346. The molecule has 180 valence electrons. The third-order valence-corrected chi connectivity index (χ3v) is 5.83. The van der Waals surface area contributed by atoms with Gasteiger partial charge in [0.15, 0.2) is 0 Å². The number of hydrazone groups is 1. The molecule has 0 aliphatic heterocycles. The monoisotopic (exact) mass is 465 g/mol. The minimum absolute atomic E-state index is 0.196. The molecular formula is C26H33N4O4+. The zero-order chi connectivity index (χ0) is 24.6. The number of aryl methyl sites for hydroxylation is 1. The molecule has 0 radical (unpaired) electrons. The van der Waals surface area contributed by atoms with Gasteiger partial charge in [-0.15, -0.1) is 0 Å². The van der Waals surface area contributed by atoms with Crippen LogP contribution in [0.5, 0.6) is 5.75 Å². The van der Waals surface area contributed by atoms with Gasteiger partial charge in [0.25, 0.3) is 5.91 Å². The molecule has 8 nitrogen and oxygen atoms in total. The number of hydrogen-bond acceptors (Lipinski definition) is 5. The zero-order valence-electron chi connectivity index (χ0n) is 20.3. The number of aromatic nitrogens is 1. The van der Waals surface area contributed by atoms with Gasteiger partial charge in [0.2, 0.25) is 0 Å². The van der Waals surface area contributed by atoms with E-state index in [1.165, 1.54) is 0 Å². The molecule has 3 aromatic rings. The molecule has 0 saturated carbocycles. The first-order valence-corrected chi connectivity index (χ1v) is 11.3. The predicted octanol–water partition coefficient (Wildman–Crippen LogP) is 3.44. The highest BCUT2D eigenvalue weighted by Gasteiger charge is 2.25. The van der Waals surface area contributed by atoms with E-state index in [1.54, 1.807) is 26.5 Å². The molecule has 0 aliphatic carbocycles. The Labute approximate surface area is 200 Å². The highest BCUT2D eigenvalue weighted by Crippen LogP contribution is 2.19. The van der Waals surface area contributed by atoms with Crippen molar-refractivity contribution in [2.45, 2.75) is 19.4 Å². The number of rotatable bonds is 11. The Bertz CT molecular complexity index is 1170. The van der Waals surface area contributed by atoms with Crippen LogP contribution < -0.4 is 10.2 Å². The van der Waals surface area contributed by atoms with Gasteiger partial charge in [0.05, 0.1) is 40.4 Å². The van der Waals surface area contributed by atoms with Gasteiger partial charge in [-0.05, 0) is 48.4 Å². The summed E-state index contributed by atoms with van der Waals surface area (Å²) in [6.45, 7) is 1.95. The van der Waals surface area contributed by atoms with Crippen molar-refractivity contribution in [3.63, 3.8) is 0 Å². The topological polar surface area (TPSA) is 81.9 Å². The maximum atomic E-state index is 12.5. The molecule has 1 aromatic heterocycles. The van der Waals surface area contributed by atoms with Crippen molar-refractivity contribution >= 4 is 28.9 Å². The lowest BCUT2D eigenvalue weighted by molar-refractivity contribution is -0.814. The molecule has 3 rings (SSSR count). The number of methoxy groups -OCH3 is 2. The molecule has 0 bridgehead atoms. The van der Waals surface area contributed by atoms with Crippen LogP contribution in [0.3, 0.4) is 0 Å². The van der Waals surface area contributed by atoms with Crippen LogP contribution in [0.25, 0.3) is 10.9 Å². The number of quaternary nitrogens is 1. The number of likely N-dealkylation sites (N-methyl/N-ethyl adjacent to an activating group) is 1. The first-order chi connectivity index (χ1) is 16.3. The summed E-state index contributed by atoms with van der Waals surface area (Å²) >= 11 is 0. The Hall–Kier alpha value is -3.49. The quantitative estimate of drug-likeness (QED) is 0.267. The van der Waals surface area contributed by atoms with Crippen LogP contribution in [0.4, 0.5) is 0 Å². The largest absolute Gasteiger partial charge is 0.497 e. The van der Waals surface area contributed by atoms with Gasteiger partial charge in [-0.1, -0.05) is 12.1 Å². The standard InChI is InChI=1S/C26H32N4O4/c1-30(2,15-16-33-3)25(31)9-6-13-29-14-12-21-18-22(10-11-24(21)29)26(32)28-27-19-20-7-5-8-23(17-20)34-4/h5,7-8,10-12,14,17-19H,6,9,13,15-16H2,1-4H3/p+1/b27-19+. The maximum absolute atomic E-state index is 12.5. The summed E-state index contributed by atoms with van der Waals surface area (Å²) in [5.74, 6) is 0.640. The number of hydrogen-bond donors (Lipinski definition) is 1. The molecule has 2 aromatic carbocycles. The Morgan fingerprint density at radius 3 is 2.71 bits per heavy atom. The summed E-state index contributed by atoms with van der Waals surface area (Å²) in [7, 11) is 7.08. The zero-order valence-corrected chi connectivity index (χ0v) is 20.3. The number of carbonyl (C=O) groups excluding carboxylic acids is 2. The summed E-state index contributed by atoms with van der Waals surface area (Å²) in [6, 6.07) is 14.9. The first kappa shape index (κ1) is 25.1. The minimum atomic E-state index is -0.282. The third kappa shape index (κ3) is 6.52. The molecule has 0 atom stereocenters. The van der Waals surface area contributed by atoms with Gasteiger partial charge in [0.1, 0.15) is 12.3 Å². The van der Waals surface area contributed by atoms with E-state index in [4.69, 9.17) is 9.47 Å². The average Bonchev–Trinajstić information content (AvgIpc) is 3.25. The van der Waals surface area contributed by atoms with Crippen LogP contribution >= 0.6 is 0 Å². The van der Waals surface area contributed by atoms with Gasteiger partial charge in [-0.25, -0.2) is 10.2 Å². The molecule has 2 amide bonds. The van der Waals surface area contributed by atoms with Crippen molar-refractivity contribution in [1.82, 2.24) is 9.99 Å². The summed E-state index contributed by atoms with van der Waals surface area (Å²) < 4.78 is 12.7. The third-order valence-electron chi connectivity index (χ3n) is 5.83. The number of benzene rings is 2. The number of amides is 2. The van der Waals surface area contributed by atoms with E-state index in [-0.39, 0.29) is 11.8 Å². The highest BCUT2D eigenvalue weighted by atomic mass is 16.5. The molecule has 0 saturated heterocycles. The molecule has 0 aliphatic rings. The van der Waals surface area contributed by atoms with Crippen LogP contribution in [0.1, 0.15) is 28.8 Å². The van der Waals surface area contributed by atoms with E-state index in [9.17, 15) is 9.59 Å². The van der Waals surface area contributed by atoms with Gasteiger partial charge in [-0.3, -0.25) is 9.28 Å². The van der Waals surface area contributed by atoms with E-state index in [0.717, 1.165) is 35.2 Å². The van der Waals surface area contributed by atoms with Gasteiger partial charge < -0.3 is 14.0 Å². The summed E-state index contributed by atoms with van der Waals surface area (Å²) in [5, 5.41) is 5.01. The normalized spacial score (nSPS) is 11.8. The Kier molecular flexibility index (Phi) is 8.56. The Morgan fingerprint density at radius 2 is 1.94 bits per heavy atom. The van der Waals surface area contributed by atoms with Crippen LogP contribution in [0.15, 0.2) is 59.8 Å². The SMILES string of the molecule is COCC[N+](C)(C)C(=O)CCCn1ccc2cc(C(=O)N/N=C/c3cccc(OC)c3)ccc21. The number of ether oxygens (including phenoxy) is 2. The molecule has 0 fully saturated rings. The van der Waals surface area contributed by atoms with Crippen molar-refractivity contribution in [2.75, 3.05) is 41.5 Å². The van der Waals surface area contributed by atoms with Crippen molar-refractivity contribution < 1.29 is 23.5 Å².